The number of halogens is 1. The van der Waals surface area contributed by atoms with Gasteiger partial charge >= 0.3 is 0 Å². The third kappa shape index (κ3) is 4.06. The topological polar surface area (TPSA) is 58.4 Å². The SMILES string of the molecule is Cc1ccc(Cl)cc1S(=O)(=O)N1CCN(CCn2ccnc2C)CC1. The third-order valence-electron chi connectivity index (χ3n) is 4.68. The second kappa shape index (κ2) is 7.45. The van der Waals surface area contributed by atoms with Crippen LogP contribution in [0.1, 0.15) is 11.4 Å². The molecule has 0 spiro atoms. The van der Waals surface area contributed by atoms with Gasteiger partial charge in [-0.2, -0.15) is 4.31 Å². The van der Waals surface area contributed by atoms with Gasteiger partial charge in [0.1, 0.15) is 5.82 Å². The van der Waals surface area contributed by atoms with E-state index in [0.717, 1.165) is 37.6 Å². The minimum absolute atomic E-state index is 0.308. The average molecular weight is 383 g/mol. The molecule has 6 nitrogen and oxygen atoms in total. The summed E-state index contributed by atoms with van der Waals surface area (Å²) in [6, 6.07) is 5.01. The highest BCUT2D eigenvalue weighted by molar-refractivity contribution is 7.89. The maximum atomic E-state index is 12.9. The van der Waals surface area contributed by atoms with Gasteiger partial charge in [0, 0.05) is 56.7 Å². The number of aromatic nitrogens is 2. The molecule has 8 heteroatoms. The zero-order valence-corrected chi connectivity index (χ0v) is 16.1. The van der Waals surface area contributed by atoms with E-state index in [4.69, 9.17) is 11.6 Å². The molecule has 2 aromatic rings. The zero-order chi connectivity index (χ0) is 18.0. The summed E-state index contributed by atoms with van der Waals surface area (Å²) in [7, 11) is -3.50. The fourth-order valence-corrected chi connectivity index (χ4v) is 4.98. The third-order valence-corrected chi connectivity index (χ3v) is 6.96. The highest BCUT2D eigenvalue weighted by atomic mass is 35.5. The van der Waals surface area contributed by atoms with E-state index < -0.39 is 10.0 Å². The lowest BCUT2D eigenvalue weighted by Gasteiger charge is -2.34. The number of piperazine rings is 1. The Balaban J connectivity index is 1.61. The maximum absolute atomic E-state index is 12.9. The van der Waals surface area contributed by atoms with Gasteiger partial charge in [-0.25, -0.2) is 13.4 Å². The Bertz CT molecular complexity index is 842. The molecule has 1 aliphatic rings. The van der Waals surface area contributed by atoms with Crippen molar-refractivity contribution < 1.29 is 8.42 Å². The number of imidazole rings is 1. The molecule has 0 bridgehead atoms. The molecule has 3 rings (SSSR count). The molecule has 1 fully saturated rings. The van der Waals surface area contributed by atoms with Crippen molar-refractivity contribution in [3.05, 3.63) is 47.0 Å². The molecule has 1 saturated heterocycles. The average Bonchev–Trinajstić information content (AvgIpc) is 3.00. The first-order chi connectivity index (χ1) is 11.9. The fraction of sp³-hybridized carbons (Fsp3) is 0.471. The molecule has 0 atom stereocenters. The predicted molar refractivity (Wildman–Crippen MR) is 98.4 cm³/mol. The van der Waals surface area contributed by atoms with Crippen molar-refractivity contribution in [2.45, 2.75) is 25.3 Å². The largest absolute Gasteiger partial charge is 0.334 e. The fourth-order valence-electron chi connectivity index (χ4n) is 3.07. The molecule has 136 valence electrons. The summed E-state index contributed by atoms with van der Waals surface area (Å²) in [6.45, 7) is 7.99. The number of nitrogens with zero attached hydrogens (tertiary/aromatic N) is 4. The number of benzene rings is 1. The summed E-state index contributed by atoms with van der Waals surface area (Å²) in [6.07, 6.45) is 3.77. The van der Waals surface area contributed by atoms with Gasteiger partial charge in [0.05, 0.1) is 4.90 Å². The van der Waals surface area contributed by atoms with Crippen molar-refractivity contribution in [2.24, 2.45) is 0 Å². The van der Waals surface area contributed by atoms with Crippen LogP contribution < -0.4 is 0 Å². The molecule has 0 radical (unpaired) electrons. The molecular formula is C17H23ClN4O2S. The van der Waals surface area contributed by atoms with Crippen molar-refractivity contribution in [1.29, 1.82) is 0 Å². The normalized spacial score (nSPS) is 17.1. The summed E-state index contributed by atoms with van der Waals surface area (Å²) in [5.74, 6) is 0.998. The van der Waals surface area contributed by atoms with E-state index in [1.54, 1.807) is 35.6 Å². The van der Waals surface area contributed by atoms with E-state index >= 15 is 0 Å². The molecule has 0 N–H and O–H groups in total. The van der Waals surface area contributed by atoms with Crippen LogP contribution in [0.4, 0.5) is 0 Å². The second-order valence-corrected chi connectivity index (χ2v) is 8.67. The number of hydrogen-bond donors (Lipinski definition) is 0. The predicted octanol–water partition coefficient (Wildman–Crippen LogP) is 2.16. The smallest absolute Gasteiger partial charge is 0.243 e. The van der Waals surface area contributed by atoms with Crippen molar-refractivity contribution >= 4 is 21.6 Å². The molecule has 0 aliphatic carbocycles. The minimum atomic E-state index is -3.50. The van der Waals surface area contributed by atoms with Crippen LogP contribution in [0.2, 0.25) is 5.02 Å². The molecule has 25 heavy (non-hydrogen) atoms. The van der Waals surface area contributed by atoms with Gasteiger partial charge < -0.3 is 4.57 Å². The number of sulfonamides is 1. The quantitative estimate of drug-likeness (QED) is 0.795. The summed E-state index contributed by atoms with van der Waals surface area (Å²) in [4.78, 5) is 6.82. The van der Waals surface area contributed by atoms with Gasteiger partial charge in [-0.05, 0) is 31.5 Å². The van der Waals surface area contributed by atoms with Crippen molar-refractivity contribution in [1.82, 2.24) is 18.8 Å². The van der Waals surface area contributed by atoms with Crippen molar-refractivity contribution in [3.63, 3.8) is 0 Å². The molecule has 1 aromatic heterocycles. The van der Waals surface area contributed by atoms with Crippen LogP contribution in [-0.2, 0) is 16.6 Å². The molecular weight excluding hydrogens is 360 g/mol. The zero-order valence-electron chi connectivity index (χ0n) is 14.5. The van der Waals surface area contributed by atoms with E-state index in [1.807, 2.05) is 13.1 Å². The lowest BCUT2D eigenvalue weighted by atomic mass is 10.2. The van der Waals surface area contributed by atoms with Gasteiger partial charge in [0.15, 0.2) is 0 Å². The summed E-state index contributed by atoms with van der Waals surface area (Å²) < 4.78 is 29.5. The first-order valence-corrected chi connectivity index (χ1v) is 10.2. The summed E-state index contributed by atoms with van der Waals surface area (Å²) in [5, 5.41) is 0.443. The van der Waals surface area contributed by atoms with Gasteiger partial charge in [-0.3, -0.25) is 4.90 Å². The standard InChI is InChI=1S/C17H23ClN4O2S/c1-14-3-4-16(18)13-17(14)25(23,24)22-11-8-20(9-12-22)7-10-21-6-5-19-15(21)2/h3-6,13H,7-12H2,1-2H3. The van der Waals surface area contributed by atoms with Crippen LogP contribution in [0.5, 0.6) is 0 Å². The van der Waals surface area contributed by atoms with Crippen LogP contribution in [0.3, 0.4) is 0 Å². The molecule has 0 unspecified atom stereocenters. The van der Waals surface area contributed by atoms with Crippen LogP contribution in [0.15, 0.2) is 35.5 Å². The lowest BCUT2D eigenvalue weighted by Crippen LogP contribution is -2.49. The number of aryl methyl sites for hydroxylation is 2. The Morgan fingerprint density at radius 2 is 1.84 bits per heavy atom. The van der Waals surface area contributed by atoms with Crippen LogP contribution in [0, 0.1) is 13.8 Å². The maximum Gasteiger partial charge on any atom is 0.243 e. The number of hydrogen-bond acceptors (Lipinski definition) is 4. The van der Waals surface area contributed by atoms with E-state index in [2.05, 4.69) is 14.5 Å². The Morgan fingerprint density at radius 1 is 1.12 bits per heavy atom. The summed E-state index contributed by atoms with van der Waals surface area (Å²) >= 11 is 5.99. The molecule has 0 amide bonds. The lowest BCUT2D eigenvalue weighted by molar-refractivity contribution is 0.182. The van der Waals surface area contributed by atoms with E-state index in [1.165, 1.54) is 0 Å². The van der Waals surface area contributed by atoms with E-state index in [-0.39, 0.29) is 0 Å². The van der Waals surface area contributed by atoms with Crippen LogP contribution in [-0.4, -0.2) is 59.9 Å². The molecule has 1 aliphatic heterocycles. The first kappa shape index (κ1) is 18.4. The highest BCUT2D eigenvalue weighted by Gasteiger charge is 2.29. The van der Waals surface area contributed by atoms with E-state index in [0.29, 0.717) is 23.0 Å². The van der Waals surface area contributed by atoms with Crippen molar-refractivity contribution in [2.75, 3.05) is 32.7 Å². The molecule has 1 aromatic carbocycles. The molecule has 2 heterocycles. The van der Waals surface area contributed by atoms with Crippen LogP contribution in [0.25, 0.3) is 0 Å². The molecule has 0 saturated carbocycles. The summed E-state index contributed by atoms with van der Waals surface area (Å²) in [5.41, 5.74) is 0.724. The Hall–Kier alpha value is -1.41. The Labute approximate surface area is 154 Å². The first-order valence-electron chi connectivity index (χ1n) is 8.34. The van der Waals surface area contributed by atoms with Gasteiger partial charge in [-0.1, -0.05) is 17.7 Å². The van der Waals surface area contributed by atoms with Crippen molar-refractivity contribution in [3.8, 4) is 0 Å². The van der Waals surface area contributed by atoms with Gasteiger partial charge in [0.2, 0.25) is 10.0 Å². The Morgan fingerprint density at radius 3 is 2.48 bits per heavy atom. The van der Waals surface area contributed by atoms with Crippen LogP contribution >= 0.6 is 11.6 Å². The minimum Gasteiger partial charge on any atom is -0.334 e. The van der Waals surface area contributed by atoms with E-state index in [9.17, 15) is 8.42 Å². The Kier molecular flexibility index (Phi) is 5.48. The number of rotatable bonds is 5. The second-order valence-electron chi connectivity index (χ2n) is 6.32. The van der Waals surface area contributed by atoms with Gasteiger partial charge in [-0.15, -0.1) is 0 Å². The highest BCUT2D eigenvalue weighted by Crippen LogP contribution is 2.24. The monoisotopic (exact) mass is 382 g/mol. The van der Waals surface area contributed by atoms with Gasteiger partial charge in [0.25, 0.3) is 0 Å².